The van der Waals surface area contributed by atoms with Gasteiger partial charge in [-0.3, -0.25) is 4.90 Å². The van der Waals surface area contributed by atoms with E-state index in [4.69, 9.17) is 20.4 Å². The smallest absolute Gasteiger partial charge is 0.140 e. The van der Waals surface area contributed by atoms with Crippen molar-refractivity contribution in [2.45, 2.75) is 32.4 Å². The van der Waals surface area contributed by atoms with Gasteiger partial charge in [-0.1, -0.05) is 5.16 Å². The molecule has 2 unspecified atom stereocenters. The van der Waals surface area contributed by atoms with Crippen molar-refractivity contribution >= 4 is 5.84 Å². The van der Waals surface area contributed by atoms with Gasteiger partial charge in [0.2, 0.25) is 0 Å². The molecular formula is C11H25N3O3. The van der Waals surface area contributed by atoms with Crippen LogP contribution in [0.25, 0.3) is 0 Å². The van der Waals surface area contributed by atoms with Crippen molar-refractivity contribution in [3.8, 4) is 0 Å². The molecule has 0 heterocycles. The first-order valence-corrected chi connectivity index (χ1v) is 5.76. The minimum absolute atomic E-state index is 0.172. The van der Waals surface area contributed by atoms with Crippen molar-refractivity contribution in [3.05, 3.63) is 0 Å². The van der Waals surface area contributed by atoms with Crippen LogP contribution < -0.4 is 5.73 Å². The van der Waals surface area contributed by atoms with E-state index < -0.39 is 0 Å². The maximum Gasteiger partial charge on any atom is 0.140 e. The lowest BCUT2D eigenvalue weighted by atomic mass is 10.1. The van der Waals surface area contributed by atoms with Gasteiger partial charge in [0.05, 0.1) is 13.2 Å². The molecule has 102 valence electrons. The zero-order valence-corrected chi connectivity index (χ0v) is 11.2. The van der Waals surface area contributed by atoms with E-state index in [0.717, 1.165) is 6.54 Å². The molecule has 0 aliphatic rings. The molecule has 6 nitrogen and oxygen atoms in total. The summed E-state index contributed by atoms with van der Waals surface area (Å²) >= 11 is 0. The zero-order valence-electron chi connectivity index (χ0n) is 11.2. The highest BCUT2D eigenvalue weighted by Crippen LogP contribution is 2.09. The largest absolute Gasteiger partial charge is 0.409 e. The second-order valence-electron chi connectivity index (χ2n) is 4.18. The van der Waals surface area contributed by atoms with Crippen molar-refractivity contribution in [1.82, 2.24) is 4.90 Å². The molecule has 0 aromatic rings. The topological polar surface area (TPSA) is 80.3 Å². The van der Waals surface area contributed by atoms with Crippen LogP contribution >= 0.6 is 0 Å². The fourth-order valence-electron chi connectivity index (χ4n) is 1.87. The molecule has 0 aromatic carbocycles. The van der Waals surface area contributed by atoms with Crippen LogP contribution in [0.1, 0.15) is 20.3 Å². The number of oxime groups is 1. The predicted molar refractivity (Wildman–Crippen MR) is 67.4 cm³/mol. The number of nitrogens with zero attached hydrogens (tertiary/aromatic N) is 2. The van der Waals surface area contributed by atoms with Crippen molar-refractivity contribution in [3.63, 3.8) is 0 Å². The van der Waals surface area contributed by atoms with Crippen molar-refractivity contribution in [2.24, 2.45) is 10.9 Å². The third-order valence-corrected chi connectivity index (χ3v) is 2.73. The lowest BCUT2D eigenvalue weighted by Crippen LogP contribution is -2.45. The Balaban J connectivity index is 4.42. The number of ether oxygens (including phenoxy) is 2. The molecule has 0 spiro atoms. The average molecular weight is 247 g/mol. The maximum atomic E-state index is 8.58. The number of hydrogen-bond donors (Lipinski definition) is 2. The molecule has 0 aromatic heterocycles. The predicted octanol–water partition coefficient (Wildman–Crippen LogP) is 0.495. The van der Waals surface area contributed by atoms with Crippen molar-refractivity contribution in [2.75, 3.05) is 34.0 Å². The van der Waals surface area contributed by atoms with Crippen molar-refractivity contribution < 1.29 is 14.7 Å². The molecule has 0 saturated carbocycles. The van der Waals surface area contributed by atoms with Crippen LogP contribution in [-0.4, -0.2) is 62.0 Å². The standard InChI is InChI=1S/C11H25N3O3/c1-9(7-11(12)13-15)14(5-6-16-3)10(2)8-17-4/h9-10,15H,5-8H2,1-4H3,(H2,12,13). The van der Waals surface area contributed by atoms with Crippen LogP contribution in [0.15, 0.2) is 5.16 Å². The zero-order chi connectivity index (χ0) is 13.3. The minimum Gasteiger partial charge on any atom is -0.409 e. The number of amidine groups is 1. The average Bonchev–Trinajstić information content (AvgIpc) is 2.29. The van der Waals surface area contributed by atoms with Crippen LogP contribution in [0.4, 0.5) is 0 Å². The monoisotopic (exact) mass is 247 g/mol. The van der Waals surface area contributed by atoms with Crippen molar-refractivity contribution in [1.29, 1.82) is 0 Å². The number of rotatable bonds is 9. The molecule has 2 atom stereocenters. The Bertz CT molecular complexity index is 224. The van der Waals surface area contributed by atoms with E-state index in [1.54, 1.807) is 14.2 Å². The van der Waals surface area contributed by atoms with Crippen LogP contribution in [-0.2, 0) is 9.47 Å². The number of hydrogen-bond acceptors (Lipinski definition) is 5. The molecule has 0 radical (unpaired) electrons. The van der Waals surface area contributed by atoms with E-state index in [1.807, 2.05) is 6.92 Å². The van der Waals surface area contributed by atoms with Gasteiger partial charge in [-0.25, -0.2) is 0 Å². The van der Waals surface area contributed by atoms with Gasteiger partial charge in [-0.2, -0.15) is 0 Å². The summed E-state index contributed by atoms with van der Waals surface area (Å²) in [4.78, 5) is 2.23. The molecule has 0 saturated heterocycles. The highest BCUT2D eigenvalue weighted by atomic mass is 16.5. The summed E-state index contributed by atoms with van der Waals surface area (Å²) in [6.45, 7) is 6.21. The van der Waals surface area contributed by atoms with Crippen LogP contribution in [0.2, 0.25) is 0 Å². The van der Waals surface area contributed by atoms with Gasteiger partial charge in [-0.05, 0) is 13.8 Å². The first-order chi connectivity index (χ1) is 8.06. The fourth-order valence-corrected chi connectivity index (χ4v) is 1.87. The van der Waals surface area contributed by atoms with E-state index in [-0.39, 0.29) is 17.9 Å². The summed E-state index contributed by atoms with van der Waals surface area (Å²) in [6, 6.07) is 0.433. The summed E-state index contributed by atoms with van der Waals surface area (Å²) in [7, 11) is 3.35. The normalized spacial score (nSPS) is 16.2. The molecular weight excluding hydrogens is 222 g/mol. The summed E-state index contributed by atoms with van der Waals surface area (Å²) < 4.78 is 10.2. The second-order valence-corrected chi connectivity index (χ2v) is 4.18. The van der Waals surface area contributed by atoms with Gasteiger partial charge in [0, 0.05) is 39.3 Å². The molecule has 0 fully saturated rings. The molecule has 0 rings (SSSR count). The Morgan fingerprint density at radius 2 is 1.94 bits per heavy atom. The molecule has 3 N–H and O–H groups in total. The summed E-state index contributed by atoms with van der Waals surface area (Å²) in [5.74, 6) is 0.240. The summed E-state index contributed by atoms with van der Waals surface area (Å²) in [5.41, 5.74) is 5.53. The van der Waals surface area contributed by atoms with Gasteiger partial charge < -0.3 is 20.4 Å². The Kier molecular flexibility index (Phi) is 8.75. The highest BCUT2D eigenvalue weighted by molar-refractivity contribution is 5.80. The lowest BCUT2D eigenvalue weighted by Gasteiger charge is -2.33. The minimum atomic E-state index is 0.172. The Morgan fingerprint density at radius 3 is 2.41 bits per heavy atom. The quantitative estimate of drug-likeness (QED) is 0.268. The first kappa shape index (κ1) is 16.1. The van der Waals surface area contributed by atoms with Crippen LogP contribution in [0.5, 0.6) is 0 Å². The van der Waals surface area contributed by atoms with Gasteiger partial charge in [0.25, 0.3) is 0 Å². The first-order valence-electron chi connectivity index (χ1n) is 5.76. The SMILES string of the molecule is COCCN(C(C)COC)C(C)C/C(N)=N/O. The van der Waals surface area contributed by atoms with E-state index in [0.29, 0.717) is 19.6 Å². The van der Waals surface area contributed by atoms with Gasteiger partial charge in [0.15, 0.2) is 0 Å². The number of nitrogens with two attached hydrogens (primary N) is 1. The molecule has 0 bridgehead atoms. The maximum absolute atomic E-state index is 8.58. The molecule has 0 aliphatic heterocycles. The fraction of sp³-hybridized carbons (Fsp3) is 0.909. The molecule has 0 amide bonds. The third-order valence-electron chi connectivity index (χ3n) is 2.73. The van der Waals surface area contributed by atoms with E-state index in [1.165, 1.54) is 0 Å². The Hall–Kier alpha value is -0.850. The van der Waals surface area contributed by atoms with Gasteiger partial charge in [-0.15, -0.1) is 0 Å². The lowest BCUT2D eigenvalue weighted by molar-refractivity contribution is 0.0533. The second kappa shape index (κ2) is 9.21. The summed E-state index contributed by atoms with van der Waals surface area (Å²) in [5, 5.41) is 11.6. The van der Waals surface area contributed by atoms with E-state index >= 15 is 0 Å². The van der Waals surface area contributed by atoms with Crippen LogP contribution in [0, 0.1) is 0 Å². The van der Waals surface area contributed by atoms with E-state index in [2.05, 4.69) is 17.0 Å². The molecule has 17 heavy (non-hydrogen) atoms. The highest BCUT2D eigenvalue weighted by Gasteiger charge is 2.20. The molecule has 6 heteroatoms. The van der Waals surface area contributed by atoms with Crippen LogP contribution in [0.3, 0.4) is 0 Å². The third kappa shape index (κ3) is 6.45. The van der Waals surface area contributed by atoms with Gasteiger partial charge >= 0.3 is 0 Å². The molecule has 0 aliphatic carbocycles. The Labute approximate surface area is 103 Å². The van der Waals surface area contributed by atoms with E-state index in [9.17, 15) is 0 Å². The van der Waals surface area contributed by atoms with Gasteiger partial charge in [0.1, 0.15) is 5.84 Å². The Morgan fingerprint density at radius 1 is 1.29 bits per heavy atom. The number of methoxy groups -OCH3 is 2. The summed E-state index contributed by atoms with van der Waals surface area (Å²) in [6.07, 6.45) is 0.522.